The van der Waals surface area contributed by atoms with E-state index < -0.39 is 23.3 Å². The van der Waals surface area contributed by atoms with Gasteiger partial charge in [0.15, 0.2) is 0 Å². The van der Waals surface area contributed by atoms with Gasteiger partial charge in [-0.2, -0.15) is 0 Å². The van der Waals surface area contributed by atoms with E-state index in [1.54, 1.807) is 0 Å². The molecule has 0 aliphatic carbocycles. The Morgan fingerprint density at radius 2 is 2.00 bits per heavy atom. The number of hydrogen-bond acceptors (Lipinski definition) is 0. The molecule has 0 aromatic heterocycles. The third kappa shape index (κ3) is 2.96. The zero-order valence-electron chi connectivity index (χ0n) is 6.39. The molecule has 0 aliphatic rings. The Balaban J connectivity index is 2.69. The first-order chi connectivity index (χ1) is 5.34. The Labute approximate surface area is 83.1 Å². The van der Waals surface area contributed by atoms with Crippen molar-refractivity contribution in [3.05, 3.63) is 42.5 Å². The van der Waals surface area contributed by atoms with Crippen molar-refractivity contribution in [2.24, 2.45) is 0 Å². The number of allylic oxidation sites excluding steroid dienone is 1. The van der Waals surface area contributed by atoms with Gasteiger partial charge in [0.1, 0.15) is 0 Å². The van der Waals surface area contributed by atoms with Crippen molar-refractivity contribution in [1.29, 1.82) is 0 Å². The van der Waals surface area contributed by atoms with E-state index >= 15 is 0 Å². The van der Waals surface area contributed by atoms with Crippen molar-refractivity contribution in [3.8, 4) is 0 Å². The average molecular weight is 353 g/mol. The molecule has 0 spiro atoms. The number of hydrogen-bond donors (Lipinski definition) is 0. The van der Waals surface area contributed by atoms with Crippen LogP contribution in [0.5, 0.6) is 0 Å². The summed E-state index contributed by atoms with van der Waals surface area (Å²) in [5, 5.41) is 0. The molecule has 11 heavy (non-hydrogen) atoms. The predicted octanol–water partition coefficient (Wildman–Crippen LogP) is 3.35. The van der Waals surface area contributed by atoms with Gasteiger partial charge in [-0.1, -0.05) is 0 Å². The van der Waals surface area contributed by atoms with Crippen LogP contribution in [0.15, 0.2) is 36.9 Å². The van der Waals surface area contributed by atoms with Crippen LogP contribution in [-0.2, 0) is 23.3 Å². The number of halogens is 1. The molecule has 0 heterocycles. The molecule has 2 heteroatoms. The summed E-state index contributed by atoms with van der Waals surface area (Å²) >= 11 is -1.04. The van der Waals surface area contributed by atoms with Crippen molar-refractivity contribution >= 4 is 13.8 Å². The molecule has 0 aliphatic heterocycles. The van der Waals surface area contributed by atoms with E-state index in [2.05, 4.69) is 18.7 Å². The standard InChI is InChI=1S/C9H9.ClH.Hg/c1-8(2)9-6-4-3-5-7-9;;/h3-7H,1-2H2;1H;/q;;+1/p-1. The monoisotopic (exact) mass is 354 g/mol. The normalized spacial score (nSPS) is 8.82. The van der Waals surface area contributed by atoms with Crippen molar-refractivity contribution < 1.29 is 23.3 Å². The molecule has 0 fully saturated rings. The quantitative estimate of drug-likeness (QED) is 0.731. The molecule has 54 valence electrons. The topological polar surface area (TPSA) is 0 Å². The van der Waals surface area contributed by atoms with Crippen LogP contribution in [0.4, 0.5) is 0 Å². The van der Waals surface area contributed by atoms with Gasteiger partial charge in [-0.3, -0.25) is 0 Å². The SMILES string of the molecule is C=C([CH2][Hg][Cl])c1ccccc1. The zero-order valence-corrected chi connectivity index (χ0v) is 12.6. The fourth-order valence-corrected chi connectivity index (χ4v) is 4.94. The van der Waals surface area contributed by atoms with Crippen LogP contribution in [0.3, 0.4) is 0 Å². The molecular weight excluding hydrogens is 344 g/mol. The molecule has 0 saturated carbocycles. The number of rotatable bonds is 3. The van der Waals surface area contributed by atoms with E-state index in [1.165, 1.54) is 11.1 Å². The van der Waals surface area contributed by atoms with E-state index in [1.807, 2.05) is 18.2 Å². The van der Waals surface area contributed by atoms with Crippen molar-refractivity contribution in [2.45, 2.75) is 3.93 Å². The van der Waals surface area contributed by atoms with Crippen LogP contribution in [-0.4, -0.2) is 0 Å². The second-order valence-electron chi connectivity index (χ2n) is 2.41. The Bertz CT molecular complexity index is 231. The van der Waals surface area contributed by atoms with Crippen molar-refractivity contribution in [1.82, 2.24) is 0 Å². The second-order valence-corrected chi connectivity index (χ2v) is 9.14. The minimum atomic E-state index is -1.04. The molecule has 0 bridgehead atoms. The molecule has 1 aromatic rings. The third-order valence-electron chi connectivity index (χ3n) is 1.58. The summed E-state index contributed by atoms with van der Waals surface area (Å²) < 4.78 is 1.09. The Hall–Kier alpha value is 0.185. The fraction of sp³-hybridized carbons (Fsp3) is 0.111. The van der Waals surface area contributed by atoms with Crippen LogP contribution >= 0.6 is 8.25 Å². The molecule has 0 unspecified atom stereocenters. The molecule has 0 N–H and O–H groups in total. The maximum atomic E-state index is 5.81. The Morgan fingerprint density at radius 3 is 2.55 bits per heavy atom. The van der Waals surface area contributed by atoms with Crippen molar-refractivity contribution in [2.75, 3.05) is 0 Å². The van der Waals surface area contributed by atoms with Gasteiger partial charge in [0, 0.05) is 0 Å². The third-order valence-corrected chi connectivity index (χ3v) is 6.32. The molecular formula is C9H9ClHg. The van der Waals surface area contributed by atoms with Crippen LogP contribution in [0.2, 0.25) is 3.93 Å². The number of benzene rings is 1. The van der Waals surface area contributed by atoms with E-state index in [4.69, 9.17) is 8.25 Å². The summed E-state index contributed by atoms with van der Waals surface area (Å²) in [4.78, 5) is 0. The van der Waals surface area contributed by atoms with E-state index in [-0.39, 0.29) is 0 Å². The van der Waals surface area contributed by atoms with Gasteiger partial charge in [-0.05, 0) is 0 Å². The van der Waals surface area contributed by atoms with Crippen LogP contribution in [0, 0.1) is 0 Å². The summed E-state index contributed by atoms with van der Waals surface area (Å²) in [6.07, 6.45) is 0. The van der Waals surface area contributed by atoms with E-state index in [0.29, 0.717) is 0 Å². The first-order valence-corrected chi connectivity index (χ1v) is 14.3. The average Bonchev–Trinajstić information content (AvgIpc) is 2.07. The molecule has 0 saturated heterocycles. The van der Waals surface area contributed by atoms with Crippen LogP contribution in [0.1, 0.15) is 5.56 Å². The van der Waals surface area contributed by atoms with Gasteiger partial charge in [0.05, 0.1) is 0 Å². The summed E-state index contributed by atoms with van der Waals surface area (Å²) in [5.41, 5.74) is 2.45. The molecule has 0 nitrogen and oxygen atoms in total. The van der Waals surface area contributed by atoms with Gasteiger partial charge in [-0.15, -0.1) is 0 Å². The minimum absolute atomic E-state index is 1.04. The van der Waals surface area contributed by atoms with Gasteiger partial charge >= 0.3 is 83.6 Å². The maximum absolute atomic E-state index is 5.81. The summed E-state index contributed by atoms with van der Waals surface area (Å²) in [6, 6.07) is 10.3. The van der Waals surface area contributed by atoms with Gasteiger partial charge in [-0.25, -0.2) is 0 Å². The molecule has 0 amide bonds. The second kappa shape index (κ2) is 4.94. The Morgan fingerprint density at radius 1 is 1.36 bits per heavy atom. The van der Waals surface area contributed by atoms with Gasteiger partial charge in [0.2, 0.25) is 0 Å². The van der Waals surface area contributed by atoms with Gasteiger partial charge < -0.3 is 0 Å². The fourth-order valence-electron chi connectivity index (χ4n) is 0.932. The summed E-state index contributed by atoms with van der Waals surface area (Å²) in [5.74, 6) is 0. The van der Waals surface area contributed by atoms with Gasteiger partial charge in [0.25, 0.3) is 0 Å². The molecule has 0 atom stereocenters. The van der Waals surface area contributed by atoms with E-state index in [0.717, 1.165) is 3.93 Å². The summed E-state index contributed by atoms with van der Waals surface area (Å²) in [7, 11) is 5.81. The van der Waals surface area contributed by atoms with Crippen molar-refractivity contribution in [3.63, 3.8) is 0 Å². The zero-order chi connectivity index (χ0) is 8.10. The first kappa shape index (κ1) is 9.27. The molecule has 1 rings (SSSR count). The van der Waals surface area contributed by atoms with E-state index in [9.17, 15) is 0 Å². The Kier molecular flexibility index (Phi) is 4.17. The summed E-state index contributed by atoms with van der Waals surface area (Å²) in [6.45, 7) is 3.99. The van der Waals surface area contributed by atoms with Crippen LogP contribution in [0.25, 0.3) is 5.57 Å². The first-order valence-electron chi connectivity index (χ1n) is 3.64. The molecule has 0 radical (unpaired) electrons. The predicted molar refractivity (Wildman–Crippen MR) is 46.1 cm³/mol. The van der Waals surface area contributed by atoms with Crippen LogP contribution < -0.4 is 0 Å². The molecule has 1 aromatic carbocycles.